The molecule has 0 aromatic heterocycles. The Balaban J connectivity index is 2.04. The van der Waals surface area contributed by atoms with Crippen LogP contribution in [0.3, 0.4) is 0 Å². The van der Waals surface area contributed by atoms with E-state index in [-0.39, 0.29) is 16.8 Å². The van der Waals surface area contributed by atoms with E-state index in [1.807, 2.05) is 0 Å². The summed E-state index contributed by atoms with van der Waals surface area (Å²) < 4.78 is 24.4. The second-order valence-electron chi connectivity index (χ2n) is 6.09. The summed E-state index contributed by atoms with van der Waals surface area (Å²) in [5.41, 5.74) is 0.401. The molecule has 2 N–H and O–H groups in total. The second kappa shape index (κ2) is 7.76. The van der Waals surface area contributed by atoms with Gasteiger partial charge in [0.25, 0.3) is 5.91 Å². The zero-order valence-electron chi connectivity index (χ0n) is 13.9. The van der Waals surface area contributed by atoms with E-state index in [1.54, 1.807) is 0 Å². The molecule has 0 saturated carbocycles. The van der Waals surface area contributed by atoms with Crippen LogP contribution < -0.4 is 10.6 Å². The van der Waals surface area contributed by atoms with Gasteiger partial charge in [0.15, 0.2) is 9.84 Å². The summed E-state index contributed by atoms with van der Waals surface area (Å²) in [7, 11) is -0.696. The van der Waals surface area contributed by atoms with Gasteiger partial charge in [-0.15, -0.1) is 0 Å². The summed E-state index contributed by atoms with van der Waals surface area (Å²) in [5, 5.41) is 6.15. The number of hydrogen-bond donors (Lipinski definition) is 2. The Hall–Kier alpha value is -1.93. The minimum atomic E-state index is -3.71. The molecule has 1 aromatic rings. The number of carbonyl (C=O) groups excluding carboxylic acids is 2. The van der Waals surface area contributed by atoms with E-state index in [2.05, 4.69) is 10.6 Å². The molecule has 1 aromatic carbocycles. The average molecular weight is 353 g/mol. The molecule has 1 aliphatic heterocycles. The Labute approximate surface area is 142 Å². The van der Waals surface area contributed by atoms with Crippen LogP contribution in [0.25, 0.3) is 0 Å². The molecule has 1 heterocycles. The van der Waals surface area contributed by atoms with Gasteiger partial charge >= 0.3 is 0 Å². The molecule has 1 saturated heterocycles. The molecule has 1 fully saturated rings. The van der Waals surface area contributed by atoms with Gasteiger partial charge < -0.3 is 15.5 Å². The molecule has 0 aliphatic carbocycles. The van der Waals surface area contributed by atoms with Crippen LogP contribution in [0.2, 0.25) is 0 Å². The van der Waals surface area contributed by atoms with Crippen molar-refractivity contribution in [2.24, 2.45) is 0 Å². The molecule has 8 heteroatoms. The predicted molar refractivity (Wildman–Crippen MR) is 90.5 cm³/mol. The highest BCUT2D eigenvalue weighted by Crippen LogP contribution is 2.13. The lowest BCUT2D eigenvalue weighted by molar-refractivity contribution is -0.125. The number of sulfone groups is 1. The van der Waals surface area contributed by atoms with Gasteiger partial charge in [0.1, 0.15) is 5.75 Å². The maximum absolute atomic E-state index is 12.2. The average Bonchev–Trinajstić information content (AvgIpc) is 2.55. The van der Waals surface area contributed by atoms with Crippen LogP contribution >= 0.6 is 0 Å². The van der Waals surface area contributed by atoms with Gasteiger partial charge in [-0.25, -0.2) is 8.42 Å². The number of piperidine rings is 1. The molecule has 0 bridgehead atoms. The first-order valence-corrected chi connectivity index (χ1v) is 9.49. The van der Waals surface area contributed by atoms with Crippen molar-refractivity contribution in [3.05, 3.63) is 29.8 Å². The summed E-state index contributed by atoms with van der Waals surface area (Å²) in [6.45, 7) is 1.70. The minimum Gasteiger partial charge on any atom is -0.348 e. The van der Waals surface area contributed by atoms with E-state index in [0.717, 1.165) is 25.9 Å². The van der Waals surface area contributed by atoms with Crippen molar-refractivity contribution in [2.75, 3.05) is 32.9 Å². The monoisotopic (exact) mass is 353 g/mol. The molecule has 132 valence electrons. The van der Waals surface area contributed by atoms with Gasteiger partial charge in [-0.2, -0.15) is 0 Å². The lowest BCUT2D eigenvalue weighted by Gasteiger charge is -2.23. The van der Waals surface area contributed by atoms with Crippen LogP contribution in [0, 0.1) is 0 Å². The van der Waals surface area contributed by atoms with Crippen molar-refractivity contribution in [1.82, 2.24) is 15.5 Å². The molecule has 7 nitrogen and oxygen atoms in total. The molecular weight excluding hydrogens is 330 g/mol. The second-order valence-corrected chi connectivity index (χ2v) is 8.08. The highest BCUT2D eigenvalue weighted by molar-refractivity contribution is 7.92. The Morgan fingerprint density at radius 1 is 1.25 bits per heavy atom. The first-order chi connectivity index (χ1) is 11.3. The van der Waals surface area contributed by atoms with Crippen LogP contribution in [0.4, 0.5) is 0 Å². The standard InChI is InChI=1S/C16H23N3O4S/c1-19(2)15(20)11-24(22,23)14-7-5-12(6-8-14)16(21)18-13-4-3-9-17-10-13/h5-8,13,17H,3-4,9-11H2,1-2H3,(H,18,21)/t13-/m0/s1. The van der Waals surface area contributed by atoms with Gasteiger partial charge in [0.05, 0.1) is 4.90 Å². The topological polar surface area (TPSA) is 95.6 Å². The largest absolute Gasteiger partial charge is 0.348 e. The normalized spacial score (nSPS) is 18.0. The Bertz CT molecular complexity index is 693. The number of amides is 2. The number of nitrogens with one attached hydrogen (secondary N) is 2. The van der Waals surface area contributed by atoms with Gasteiger partial charge in [-0.05, 0) is 43.7 Å². The molecule has 0 spiro atoms. The Morgan fingerprint density at radius 3 is 2.46 bits per heavy atom. The third-order valence-electron chi connectivity index (χ3n) is 3.92. The van der Waals surface area contributed by atoms with Gasteiger partial charge in [0.2, 0.25) is 5.91 Å². The number of nitrogens with zero attached hydrogens (tertiary/aromatic N) is 1. The summed E-state index contributed by atoms with van der Waals surface area (Å²) in [6, 6.07) is 5.77. The summed E-state index contributed by atoms with van der Waals surface area (Å²) >= 11 is 0. The maximum Gasteiger partial charge on any atom is 0.251 e. The lowest BCUT2D eigenvalue weighted by Crippen LogP contribution is -2.45. The molecule has 1 atom stereocenters. The van der Waals surface area contributed by atoms with Crippen LogP contribution in [-0.2, 0) is 14.6 Å². The number of benzene rings is 1. The third kappa shape index (κ3) is 4.78. The number of carbonyl (C=O) groups is 2. The number of rotatable bonds is 5. The van der Waals surface area contributed by atoms with E-state index in [1.165, 1.54) is 43.3 Å². The maximum atomic E-state index is 12.2. The zero-order valence-corrected chi connectivity index (χ0v) is 14.7. The van der Waals surface area contributed by atoms with Crippen molar-refractivity contribution in [3.63, 3.8) is 0 Å². The van der Waals surface area contributed by atoms with E-state index in [0.29, 0.717) is 5.56 Å². The van der Waals surface area contributed by atoms with Gasteiger partial charge in [-0.3, -0.25) is 9.59 Å². The quantitative estimate of drug-likeness (QED) is 0.779. The van der Waals surface area contributed by atoms with E-state index in [4.69, 9.17) is 0 Å². The minimum absolute atomic E-state index is 0.0357. The van der Waals surface area contributed by atoms with Gasteiger partial charge in [0, 0.05) is 32.2 Å². The van der Waals surface area contributed by atoms with Crippen molar-refractivity contribution >= 4 is 21.7 Å². The summed E-state index contributed by atoms with van der Waals surface area (Å²) in [6.07, 6.45) is 1.94. The summed E-state index contributed by atoms with van der Waals surface area (Å²) in [5.74, 6) is -1.29. The fourth-order valence-corrected chi connectivity index (χ4v) is 3.73. The van der Waals surface area contributed by atoms with Crippen LogP contribution in [-0.4, -0.2) is 64.1 Å². The first-order valence-electron chi connectivity index (χ1n) is 7.84. The third-order valence-corrected chi connectivity index (χ3v) is 5.54. The van der Waals surface area contributed by atoms with E-state index >= 15 is 0 Å². The lowest BCUT2D eigenvalue weighted by atomic mass is 10.1. The van der Waals surface area contributed by atoms with Crippen molar-refractivity contribution < 1.29 is 18.0 Å². The molecular formula is C16H23N3O4S. The molecule has 0 radical (unpaired) electrons. The van der Waals surface area contributed by atoms with Crippen LogP contribution in [0.5, 0.6) is 0 Å². The van der Waals surface area contributed by atoms with E-state index < -0.39 is 21.5 Å². The molecule has 24 heavy (non-hydrogen) atoms. The first kappa shape index (κ1) is 18.4. The van der Waals surface area contributed by atoms with Gasteiger partial charge in [-0.1, -0.05) is 0 Å². The zero-order chi connectivity index (χ0) is 17.7. The smallest absolute Gasteiger partial charge is 0.251 e. The summed E-state index contributed by atoms with van der Waals surface area (Å²) in [4.78, 5) is 25.1. The van der Waals surface area contributed by atoms with Crippen LogP contribution in [0.1, 0.15) is 23.2 Å². The molecule has 1 aliphatic rings. The highest BCUT2D eigenvalue weighted by atomic mass is 32.2. The number of hydrogen-bond acceptors (Lipinski definition) is 5. The Kier molecular flexibility index (Phi) is 5.95. The predicted octanol–water partition coefficient (Wildman–Crippen LogP) is 0.0303. The van der Waals surface area contributed by atoms with Crippen molar-refractivity contribution in [2.45, 2.75) is 23.8 Å². The highest BCUT2D eigenvalue weighted by Gasteiger charge is 2.21. The van der Waals surface area contributed by atoms with Crippen LogP contribution in [0.15, 0.2) is 29.2 Å². The molecule has 0 unspecified atom stereocenters. The molecule has 2 rings (SSSR count). The van der Waals surface area contributed by atoms with Crippen molar-refractivity contribution in [3.8, 4) is 0 Å². The van der Waals surface area contributed by atoms with E-state index in [9.17, 15) is 18.0 Å². The fourth-order valence-electron chi connectivity index (χ4n) is 2.43. The van der Waals surface area contributed by atoms with Crippen molar-refractivity contribution in [1.29, 1.82) is 0 Å². The molecule has 2 amide bonds. The fraction of sp³-hybridized carbons (Fsp3) is 0.500. The SMILES string of the molecule is CN(C)C(=O)CS(=O)(=O)c1ccc(C(=O)N[C@H]2CCCNC2)cc1. The Morgan fingerprint density at radius 2 is 1.92 bits per heavy atom.